The Hall–Kier alpha value is -3.32. The first-order chi connectivity index (χ1) is 14.6. The summed E-state index contributed by atoms with van der Waals surface area (Å²) >= 11 is 0. The molecule has 0 bridgehead atoms. The largest absolute Gasteiger partial charge is 0.497 e. The van der Waals surface area contributed by atoms with Crippen molar-refractivity contribution in [1.82, 2.24) is 4.90 Å². The molecule has 6 nitrogen and oxygen atoms in total. The molecule has 1 fully saturated rings. The fourth-order valence-corrected chi connectivity index (χ4v) is 3.50. The fraction of sp³-hybridized carbons (Fsp3) is 0.261. The summed E-state index contributed by atoms with van der Waals surface area (Å²) in [4.78, 5) is 17.0. The molecule has 1 aliphatic rings. The molecular weight excluding hydrogens is 385 g/mol. The molecule has 1 N–H and O–H groups in total. The number of halogens is 1. The monoisotopic (exact) mass is 409 g/mol. The third-order valence-electron chi connectivity index (χ3n) is 5.16. The number of carbonyl (C=O) groups is 1. The van der Waals surface area contributed by atoms with Gasteiger partial charge in [0.1, 0.15) is 17.3 Å². The van der Waals surface area contributed by atoms with E-state index in [0.717, 1.165) is 43.4 Å². The van der Waals surface area contributed by atoms with E-state index in [0.29, 0.717) is 12.2 Å². The third-order valence-corrected chi connectivity index (χ3v) is 5.16. The highest BCUT2D eigenvalue weighted by atomic mass is 19.1. The smallest absolute Gasteiger partial charge is 0.291 e. The molecular formula is C23H24FN3O3. The number of nitrogens with one attached hydrogen (secondary N) is 1. The average Bonchev–Trinajstić information content (AvgIpc) is 3.24. The van der Waals surface area contributed by atoms with Crippen molar-refractivity contribution in [2.75, 3.05) is 43.5 Å². The number of ether oxygens (including phenoxy) is 1. The second-order valence-electron chi connectivity index (χ2n) is 7.19. The number of rotatable bonds is 6. The summed E-state index contributed by atoms with van der Waals surface area (Å²) in [7, 11) is 1.68. The lowest BCUT2D eigenvalue weighted by Gasteiger charge is -2.35. The zero-order chi connectivity index (χ0) is 20.9. The SMILES string of the molecule is COc1cccc(N2CCN(Cc3ccc(C(=O)Nc4ccc(F)cc4)o3)CC2)c1. The number of anilines is 2. The molecule has 2 heterocycles. The van der Waals surface area contributed by atoms with Crippen LogP contribution in [0.4, 0.5) is 15.8 Å². The van der Waals surface area contributed by atoms with E-state index < -0.39 is 0 Å². The molecule has 1 amide bonds. The summed E-state index contributed by atoms with van der Waals surface area (Å²) in [5.74, 6) is 1.14. The standard InChI is InChI=1S/C23H24FN3O3/c1-29-20-4-2-3-19(15-20)27-13-11-26(12-14-27)16-21-9-10-22(30-21)23(28)25-18-7-5-17(24)6-8-18/h2-10,15H,11-14,16H2,1H3,(H,25,28). The molecule has 156 valence electrons. The van der Waals surface area contributed by atoms with Gasteiger partial charge < -0.3 is 19.4 Å². The summed E-state index contributed by atoms with van der Waals surface area (Å²) in [6.07, 6.45) is 0. The number of furan rings is 1. The molecule has 0 saturated carbocycles. The second-order valence-corrected chi connectivity index (χ2v) is 7.19. The lowest BCUT2D eigenvalue weighted by Crippen LogP contribution is -2.45. The summed E-state index contributed by atoms with van der Waals surface area (Å²) < 4.78 is 24.0. The second kappa shape index (κ2) is 9.00. The van der Waals surface area contributed by atoms with Gasteiger partial charge in [0, 0.05) is 43.6 Å². The van der Waals surface area contributed by atoms with Crippen LogP contribution < -0.4 is 15.0 Å². The first-order valence-corrected chi connectivity index (χ1v) is 9.88. The first-order valence-electron chi connectivity index (χ1n) is 9.88. The van der Waals surface area contributed by atoms with E-state index in [1.807, 2.05) is 24.3 Å². The van der Waals surface area contributed by atoms with Gasteiger partial charge in [-0.05, 0) is 48.5 Å². The Kier molecular flexibility index (Phi) is 5.99. The van der Waals surface area contributed by atoms with Crippen LogP contribution in [0, 0.1) is 5.82 Å². The van der Waals surface area contributed by atoms with Gasteiger partial charge >= 0.3 is 0 Å². The minimum Gasteiger partial charge on any atom is -0.497 e. The average molecular weight is 409 g/mol. The van der Waals surface area contributed by atoms with Crippen LogP contribution in [0.2, 0.25) is 0 Å². The Morgan fingerprint density at radius 2 is 1.83 bits per heavy atom. The maximum Gasteiger partial charge on any atom is 0.291 e. The summed E-state index contributed by atoms with van der Waals surface area (Å²) in [5, 5.41) is 2.71. The van der Waals surface area contributed by atoms with E-state index in [1.165, 1.54) is 24.3 Å². The van der Waals surface area contributed by atoms with E-state index in [9.17, 15) is 9.18 Å². The van der Waals surface area contributed by atoms with Crippen molar-refractivity contribution in [2.45, 2.75) is 6.54 Å². The number of methoxy groups -OCH3 is 1. The Labute approximate surface area is 174 Å². The predicted molar refractivity (Wildman–Crippen MR) is 114 cm³/mol. The van der Waals surface area contributed by atoms with Gasteiger partial charge in [0.25, 0.3) is 5.91 Å². The highest BCUT2D eigenvalue weighted by molar-refractivity contribution is 6.02. The van der Waals surface area contributed by atoms with Crippen LogP contribution in [0.15, 0.2) is 65.1 Å². The van der Waals surface area contributed by atoms with Crippen molar-refractivity contribution in [3.8, 4) is 5.75 Å². The molecule has 1 saturated heterocycles. The van der Waals surface area contributed by atoms with E-state index in [1.54, 1.807) is 13.2 Å². The van der Waals surface area contributed by atoms with Crippen LogP contribution in [0.3, 0.4) is 0 Å². The molecule has 2 aromatic carbocycles. The molecule has 0 radical (unpaired) electrons. The zero-order valence-corrected chi connectivity index (χ0v) is 16.8. The number of hydrogen-bond acceptors (Lipinski definition) is 5. The first kappa shape index (κ1) is 20.0. The molecule has 0 spiro atoms. The Bertz CT molecular complexity index is 995. The minimum absolute atomic E-state index is 0.240. The highest BCUT2D eigenvalue weighted by Crippen LogP contribution is 2.23. The molecule has 0 aliphatic carbocycles. The Morgan fingerprint density at radius 3 is 2.57 bits per heavy atom. The predicted octanol–water partition coefficient (Wildman–Crippen LogP) is 4.00. The van der Waals surface area contributed by atoms with Crippen molar-refractivity contribution in [2.24, 2.45) is 0 Å². The number of amides is 1. The lowest BCUT2D eigenvalue weighted by molar-refractivity contribution is 0.0992. The van der Waals surface area contributed by atoms with Gasteiger partial charge in [-0.1, -0.05) is 6.07 Å². The van der Waals surface area contributed by atoms with Crippen LogP contribution >= 0.6 is 0 Å². The van der Waals surface area contributed by atoms with Gasteiger partial charge in [-0.25, -0.2) is 4.39 Å². The number of benzene rings is 2. The van der Waals surface area contributed by atoms with Crippen LogP contribution in [0.5, 0.6) is 5.75 Å². The summed E-state index contributed by atoms with van der Waals surface area (Å²) in [5.41, 5.74) is 1.68. The van der Waals surface area contributed by atoms with Gasteiger partial charge in [-0.3, -0.25) is 9.69 Å². The number of carbonyl (C=O) groups excluding carboxylic acids is 1. The molecule has 7 heteroatoms. The van der Waals surface area contributed by atoms with E-state index in [-0.39, 0.29) is 17.5 Å². The summed E-state index contributed by atoms with van der Waals surface area (Å²) in [6.45, 7) is 4.26. The molecule has 4 rings (SSSR count). The highest BCUT2D eigenvalue weighted by Gasteiger charge is 2.19. The molecule has 1 aromatic heterocycles. The Morgan fingerprint density at radius 1 is 1.07 bits per heavy atom. The Balaban J connectivity index is 1.30. The van der Waals surface area contributed by atoms with Gasteiger partial charge in [0.05, 0.1) is 13.7 Å². The quantitative estimate of drug-likeness (QED) is 0.667. The molecule has 3 aromatic rings. The van der Waals surface area contributed by atoms with Crippen molar-refractivity contribution in [3.63, 3.8) is 0 Å². The zero-order valence-electron chi connectivity index (χ0n) is 16.8. The third kappa shape index (κ3) is 4.80. The van der Waals surface area contributed by atoms with E-state index in [2.05, 4.69) is 21.2 Å². The van der Waals surface area contributed by atoms with Crippen LogP contribution in [-0.2, 0) is 6.54 Å². The van der Waals surface area contributed by atoms with Crippen molar-refractivity contribution in [1.29, 1.82) is 0 Å². The van der Waals surface area contributed by atoms with Crippen LogP contribution in [0.25, 0.3) is 0 Å². The normalized spacial score (nSPS) is 14.5. The lowest BCUT2D eigenvalue weighted by atomic mass is 10.2. The van der Waals surface area contributed by atoms with Crippen LogP contribution in [0.1, 0.15) is 16.3 Å². The number of piperazine rings is 1. The van der Waals surface area contributed by atoms with Crippen LogP contribution in [-0.4, -0.2) is 44.1 Å². The topological polar surface area (TPSA) is 58.0 Å². The maximum atomic E-state index is 13.0. The molecule has 30 heavy (non-hydrogen) atoms. The number of hydrogen-bond donors (Lipinski definition) is 1. The molecule has 1 aliphatic heterocycles. The number of nitrogens with zero attached hydrogens (tertiary/aromatic N) is 2. The minimum atomic E-state index is -0.351. The van der Waals surface area contributed by atoms with Gasteiger partial charge in [0.2, 0.25) is 0 Å². The van der Waals surface area contributed by atoms with E-state index in [4.69, 9.17) is 9.15 Å². The van der Waals surface area contributed by atoms with E-state index >= 15 is 0 Å². The summed E-state index contributed by atoms with van der Waals surface area (Å²) in [6, 6.07) is 17.2. The molecule has 0 unspecified atom stereocenters. The fourth-order valence-electron chi connectivity index (χ4n) is 3.50. The van der Waals surface area contributed by atoms with Gasteiger partial charge in [-0.15, -0.1) is 0 Å². The van der Waals surface area contributed by atoms with Gasteiger partial charge in [-0.2, -0.15) is 0 Å². The van der Waals surface area contributed by atoms with Crippen molar-refractivity contribution >= 4 is 17.3 Å². The molecule has 0 atom stereocenters. The maximum absolute atomic E-state index is 13.0. The van der Waals surface area contributed by atoms with Crippen molar-refractivity contribution in [3.05, 3.63) is 78.0 Å². The van der Waals surface area contributed by atoms with Gasteiger partial charge in [0.15, 0.2) is 5.76 Å². The van der Waals surface area contributed by atoms with Crippen molar-refractivity contribution < 1.29 is 18.3 Å².